The Bertz CT molecular complexity index is 1290. The van der Waals surface area contributed by atoms with Crippen molar-refractivity contribution in [2.24, 2.45) is 5.10 Å². The van der Waals surface area contributed by atoms with E-state index in [0.29, 0.717) is 21.0 Å². The second-order valence-corrected chi connectivity index (χ2v) is 9.15. The molecule has 2 aromatic heterocycles. The van der Waals surface area contributed by atoms with Crippen molar-refractivity contribution in [2.45, 2.75) is 13.0 Å². The van der Waals surface area contributed by atoms with E-state index < -0.39 is 6.04 Å². The first-order valence-electron chi connectivity index (χ1n) is 9.71. The van der Waals surface area contributed by atoms with Crippen molar-refractivity contribution in [3.8, 4) is 22.5 Å². The zero-order chi connectivity index (χ0) is 22.1. The molecule has 1 aliphatic rings. The van der Waals surface area contributed by atoms with E-state index in [1.165, 1.54) is 27.7 Å². The molecule has 1 amide bonds. The summed E-state index contributed by atoms with van der Waals surface area (Å²) in [5, 5.41) is 11.5. The molecule has 0 spiro atoms. The molecule has 0 saturated heterocycles. The van der Waals surface area contributed by atoms with Gasteiger partial charge < -0.3 is 0 Å². The average Bonchev–Trinajstić information content (AvgIpc) is 3.54. The molecule has 5 rings (SSSR count). The molecule has 7 nitrogen and oxygen atoms in total. The first-order chi connectivity index (χ1) is 15.6. The lowest BCUT2D eigenvalue weighted by Crippen LogP contribution is -2.45. The minimum atomic E-state index is -0.609. The molecule has 1 unspecified atom stereocenters. The summed E-state index contributed by atoms with van der Waals surface area (Å²) < 4.78 is 0. The summed E-state index contributed by atoms with van der Waals surface area (Å²) in [4.78, 5) is 22.1. The highest BCUT2D eigenvalue weighted by Gasteiger charge is 2.36. The standard InChI is InChI=1S/C22H17ClN6OS2/c1-13-19(26-27-21-24-17(11-31-21)14-5-3-2-4-6-14)20(30)29(28-13)22-25-18(12-32-22)15-7-9-16(23)10-8-15/h2-12,19,26H,1H3,(H,24,27). The van der Waals surface area contributed by atoms with Gasteiger partial charge in [0, 0.05) is 26.9 Å². The number of thiazole rings is 2. The fraction of sp³-hybridized carbons (Fsp3) is 0.0909. The average molecular weight is 481 g/mol. The molecule has 3 heterocycles. The Morgan fingerprint density at radius 2 is 1.62 bits per heavy atom. The number of hydrogen-bond donors (Lipinski definition) is 2. The van der Waals surface area contributed by atoms with E-state index >= 15 is 0 Å². The molecule has 0 saturated carbocycles. The zero-order valence-electron chi connectivity index (χ0n) is 16.8. The number of carbonyl (C=O) groups is 1. The predicted octanol–water partition coefficient (Wildman–Crippen LogP) is 5.29. The van der Waals surface area contributed by atoms with Gasteiger partial charge in [-0.05, 0) is 19.1 Å². The third kappa shape index (κ3) is 4.15. The van der Waals surface area contributed by atoms with Crippen LogP contribution in [-0.4, -0.2) is 27.6 Å². The van der Waals surface area contributed by atoms with Crippen LogP contribution in [0.2, 0.25) is 5.02 Å². The van der Waals surface area contributed by atoms with E-state index in [0.717, 1.165) is 22.5 Å². The van der Waals surface area contributed by atoms with E-state index in [9.17, 15) is 4.79 Å². The Hall–Kier alpha value is -3.11. The highest BCUT2D eigenvalue weighted by atomic mass is 35.5. The SMILES string of the molecule is CC1=NN(c2nc(-c3ccc(Cl)cc3)cs2)C(=O)C1NNc1nc(-c2ccccc2)cs1. The Kier molecular flexibility index (Phi) is 5.71. The van der Waals surface area contributed by atoms with Crippen molar-refractivity contribution in [2.75, 3.05) is 10.4 Å². The second kappa shape index (κ2) is 8.79. The van der Waals surface area contributed by atoms with Gasteiger partial charge in [0.05, 0.1) is 17.1 Å². The summed E-state index contributed by atoms with van der Waals surface area (Å²) in [6, 6.07) is 16.7. The van der Waals surface area contributed by atoms with Crippen molar-refractivity contribution in [3.63, 3.8) is 0 Å². The van der Waals surface area contributed by atoms with Gasteiger partial charge in [-0.25, -0.2) is 15.4 Å². The number of nitrogens with zero attached hydrogens (tertiary/aromatic N) is 4. The Morgan fingerprint density at radius 1 is 0.938 bits per heavy atom. The maximum Gasteiger partial charge on any atom is 0.274 e. The molecule has 32 heavy (non-hydrogen) atoms. The summed E-state index contributed by atoms with van der Waals surface area (Å²) in [7, 11) is 0. The van der Waals surface area contributed by atoms with E-state index in [2.05, 4.69) is 25.9 Å². The molecule has 0 aliphatic carbocycles. The smallest absolute Gasteiger partial charge is 0.274 e. The Labute approximate surface area is 197 Å². The van der Waals surface area contributed by atoms with E-state index in [1.54, 1.807) is 0 Å². The van der Waals surface area contributed by atoms with Gasteiger partial charge in [-0.1, -0.05) is 54.1 Å². The fourth-order valence-corrected chi connectivity index (χ4v) is 4.78. The molecule has 1 atom stereocenters. The van der Waals surface area contributed by atoms with Crippen molar-refractivity contribution >= 4 is 56.2 Å². The number of carbonyl (C=O) groups excluding carboxylic acids is 1. The lowest BCUT2D eigenvalue weighted by atomic mass is 10.2. The summed E-state index contributed by atoms with van der Waals surface area (Å²) in [5.74, 6) is -0.202. The second-order valence-electron chi connectivity index (χ2n) is 7.02. The van der Waals surface area contributed by atoms with Gasteiger partial charge >= 0.3 is 0 Å². The van der Waals surface area contributed by atoms with Crippen molar-refractivity contribution in [1.29, 1.82) is 0 Å². The van der Waals surface area contributed by atoms with Crippen LogP contribution in [0.5, 0.6) is 0 Å². The van der Waals surface area contributed by atoms with Gasteiger partial charge in [0.1, 0.15) is 6.04 Å². The van der Waals surface area contributed by atoms with Gasteiger partial charge in [-0.3, -0.25) is 10.2 Å². The molecule has 4 aromatic rings. The fourth-order valence-electron chi connectivity index (χ4n) is 3.19. The molecular weight excluding hydrogens is 464 g/mol. The molecule has 0 fully saturated rings. The first-order valence-corrected chi connectivity index (χ1v) is 11.9. The van der Waals surface area contributed by atoms with E-state index in [4.69, 9.17) is 11.6 Å². The predicted molar refractivity (Wildman–Crippen MR) is 131 cm³/mol. The third-order valence-electron chi connectivity index (χ3n) is 4.84. The van der Waals surface area contributed by atoms with Crippen LogP contribution in [0.15, 0.2) is 70.5 Å². The van der Waals surface area contributed by atoms with Gasteiger partial charge in [-0.15, -0.1) is 22.7 Å². The number of amides is 1. The van der Waals surface area contributed by atoms with Crippen molar-refractivity contribution < 1.29 is 4.79 Å². The number of hydrazone groups is 1. The van der Waals surface area contributed by atoms with Crippen LogP contribution < -0.4 is 15.9 Å². The lowest BCUT2D eigenvalue weighted by Gasteiger charge is -2.13. The third-order valence-corrected chi connectivity index (χ3v) is 6.67. The van der Waals surface area contributed by atoms with Crippen LogP contribution in [0.3, 0.4) is 0 Å². The monoisotopic (exact) mass is 480 g/mol. The first kappa shape index (κ1) is 20.8. The van der Waals surface area contributed by atoms with Crippen LogP contribution in [0, 0.1) is 0 Å². The molecule has 1 aliphatic heterocycles. The van der Waals surface area contributed by atoms with Gasteiger partial charge in [0.25, 0.3) is 5.91 Å². The maximum atomic E-state index is 13.0. The van der Waals surface area contributed by atoms with Crippen molar-refractivity contribution in [3.05, 3.63) is 70.4 Å². The molecule has 0 radical (unpaired) electrons. The van der Waals surface area contributed by atoms with Crippen molar-refractivity contribution in [1.82, 2.24) is 15.4 Å². The molecule has 2 N–H and O–H groups in total. The number of halogens is 1. The largest absolute Gasteiger partial charge is 0.296 e. The molecular formula is C22H17ClN6OS2. The minimum Gasteiger partial charge on any atom is -0.296 e. The van der Waals surface area contributed by atoms with Crippen LogP contribution in [0.1, 0.15) is 6.92 Å². The summed E-state index contributed by atoms with van der Waals surface area (Å²) in [6.07, 6.45) is 0. The lowest BCUT2D eigenvalue weighted by molar-refractivity contribution is -0.118. The maximum absolute atomic E-state index is 13.0. The van der Waals surface area contributed by atoms with Gasteiger partial charge in [-0.2, -0.15) is 10.1 Å². The number of anilines is 2. The van der Waals surface area contributed by atoms with Gasteiger partial charge in [0.2, 0.25) is 5.13 Å². The number of nitrogens with one attached hydrogen (secondary N) is 2. The summed E-state index contributed by atoms with van der Waals surface area (Å²) in [5.41, 5.74) is 10.4. The van der Waals surface area contributed by atoms with E-state index in [1.807, 2.05) is 72.3 Å². The van der Waals surface area contributed by atoms with Gasteiger partial charge in [0.15, 0.2) is 5.13 Å². The van der Waals surface area contributed by atoms with Crippen LogP contribution in [-0.2, 0) is 4.79 Å². The summed E-state index contributed by atoms with van der Waals surface area (Å²) >= 11 is 8.79. The molecule has 0 bridgehead atoms. The number of hydrazine groups is 1. The normalized spacial score (nSPS) is 15.8. The molecule has 160 valence electrons. The minimum absolute atomic E-state index is 0.202. The summed E-state index contributed by atoms with van der Waals surface area (Å²) in [6.45, 7) is 1.81. The number of hydrogen-bond acceptors (Lipinski definition) is 8. The Morgan fingerprint density at radius 3 is 2.41 bits per heavy atom. The number of rotatable bonds is 6. The quantitative estimate of drug-likeness (QED) is 0.366. The molecule has 2 aromatic carbocycles. The molecule has 10 heteroatoms. The zero-order valence-corrected chi connectivity index (χ0v) is 19.2. The highest BCUT2D eigenvalue weighted by molar-refractivity contribution is 7.14. The van der Waals surface area contributed by atoms with Crippen LogP contribution in [0.4, 0.5) is 10.3 Å². The van der Waals surface area contributed by atoms with Crippen LogP contribution in [0.25, 0.3) is 22.5 Å². The number of aromatic nitrogens is 2. The highest BCUT2D eigenvalue weighted by Crippen LogP contribution is 2.30. The number of benzene rings is 2. The Balaban J connectivity index is 1.26. The topological polar surface area (TPSA) is 82.5 Å². The van der Waals surface area contributed by atoms with Crippen LogP contribution >= 0.6 is 34.3 Å². The van der Waals surface area contributed by atoms with E-state index in [-0.39, 0.29) is 5.91 Å².